The molecule has 144 valence electrons. The van der Waals surface area contributed by atoms with Crippen molar-refractivity contribution in [1.82, 2.24) is 4.90 Å². The number of nitrogens with zero attached hydrogens (tertiary/aromatic N) is 1. The second kappa shape index (κ2) is 15.1. The zero-order chi connectivity index (χ0) is 19.9. The monoisotopic (exact) mass is 440 g/mol. The first-order valence-electron chi connectivity index (χ1n) is 8.39. The summed E-state index contributed by atoms with van der Waals surface area (Å²) in [6.07, 6.45) is 5.51. The van der Waals surface area contributed by atoms with Crippen molar-refractivity contribution in [1.29, 1.82) is 0 Å². The molecule has 0 amide bonds. The number of likely N-dealkylation sites (N-methyl/N-ethyl adjacent to an activating group) is 1. The molecule has 3 rings (SSSR count). The van der Waals surface area contributed by atoms with E-state index in [1.807, 2.05) is 42.5 Å². The van der Waals surface area contributed by atoms with E-state index in [-0.39, 0.29) is 6.61 Å². The Kier molecular flexibility index (Phi) is 13.5. The maximum atomic E-state index is 8.02. The Balaban J connectivity index is 0.000000259. The van der Waals surface area contributed by atoms with E-state index in [0.29, 0.717) is 0 Å². The quantitative estimate of drug-likeness (QED) is 0.275. The Bertz CT molecular complexity index is 692. The Morgan fingerprint density at radius 2 is 1.78 bits per heavy atom. The van der Waals surface area contributed by atoms with Crippen LogP contribution in [0.1, 0.15) is 17.5 Å². The van der Waals surface area contributed by atoms with Gasteiger partial charge in [0.15, 0.2) is 0 Å². The first-order chi connectivity index (χ1) is 13.1. The number of hydrogen-bond donors (Lipinski definition) is 1. The van der Waals surface area contributed by atoms with Gasteiger partial charge in [0, 0.05) is 6.54 Å². The minimum absolute atomic E-state index is 0.265. The van der Waals surface area contributed by atoms with Crippen molar-refractivity contribution in [2.24, 2.45) is 0 Å². The van der Waals surface area contributed by atoms with E-state index in [9.17, 15) is 0 Å². The summed E-state index contributed by atoms with van der Waals surface area (Å²) >= 11 is -0.556. The number of halogens is 2. The van der Waals surface area contributed by atoms with Gasteiger partial charge in [-0.2, -0.15) is 0 Å². The Hall–Kier alpha value is -0.906. The molecule has 0 heterocycles. The van der Waals surface area contributed by atoms with Crippen LogP contribution in [0.5, 0.6) is 0 Å². The van der Waals surface area contributed by atoms with Gasteiger partial charge < -0.3 is 4.90 Å². The third kappa shape index (κ3) is 10.3. The summed E-state index contributed by atoms with van der Waals surface area (Å²) < 4.78 is 0. The molecule has 0 aliphatic heterocycles. The zero-order valence-electron chi connectivity index (χ0n) is 15.5. The Morgan fingerprint density at radius 3 is 2.33 bits per heavy atom. The molecular weight excluding hydrogens is 417 g/mol. The van der Waals surface area contributed by atoms with E-state index in [0.717, 1.165) is 18.5 Å². The molecular formula is C21H24Cl2NO2Ti-. The van der Waals surface area contributed by atoms with Gasteiger partial charge in [-0.05, 0) is 26.1 Å². The average Bonchev–Trinajstić information content (AvgIpc) is 3.12. The van der Waals surface area contributed by atoms with E-state index in [1.54, 1.807) is 0 Å². The number of hydrogen-bond acceptors (Lipinski definition) is 3. The zero-order valence-corrected chi connectivity index (χ0v) is 18.6. The molecule has 1 aliphatic rings. The van der Waals surface area contributed by atoms with E-state index >= 15 is 0 Å². The van der Waals surface area contributed by atoms with Gasteiger partial charge in [-0.25, -0.2) is 4.89 Å². The molecule has 0 atom stereocenters. The second-order valence-electron chi connectivity index (χ2n) is 5.95. The molecule has 0 fully saturated rings. The summed E-state index contributed by atoms with van der Waals surface area (Å²) in [6, 6.07) is 21.0. The van der Waals surface area contributed by atoms with Crippen LogP contribution in [0.4, 0.5) is 0 Å². The molecule has 1 aliphatic carbocycles. The van der Waals surface area contributed by atoms with Crippen molar-refractivity contribution in [3.63, 3.8) is 0 Å². The molecule has 0 spiro atoms. The summed E-state index contributed by atoms with van der Waals surface area (Å²) in [4.78, 5) is 6.13. The SMILES string of the molecule is CN(C)CC1=C(c2[c-]cccc2)CC=C1.OOCc1ccccc1.[Cl][Ti][Cl]. The van der Waals surface area contributed by atoms with E-state index < -0.39 is 17.0 Å². The summed E-state index contributed by atoms with van der Waals surface area (Å²) in [7, 11) is 14.0. The molecule has 27 heavy (non-hydrogen) atoms. The summed E-state index contributed by atoms with van der Waals surface area (Å²) in [5, 5.41) is 8.02. The van der Waals surface area contributed by atoms with Crippen LogP contribution in [0, 0.1) is 6.07 Å². The molecule has 2 aromatic carbocycles. The van der Waals surface area contributed by atoms with E-state index in [4.69, 9.17) is 23.9 Å². The van der Waals surface area contributed by atoms with Crippen LogP contribution >= 0.6 is 18.6 Å². The third-order valence-electron chi connectivity index (χ3n) is 3.62. The van der Waals surface area contributed by atoms with E-state index in [1.165, 1.54) is 16.7 Å². The van der Waals surface area contributed by atoms with Gasteiger partial charge in [0.25, 0.3) is 0 Å². The molecule has 0 saturated heterocycles. The van der Waals surface area contributed by atoms with Gasteiger partial charge in [-0.15, -0.1) is 41.5 Å². The molecule has 2 aromatic rings. The fraction of sp³-hybridized carbons (Fsp3) is 0.238. The van der Waals surface area contributed by atoms with Gasteiger partial charge in [-0.1, -0.05) is 48.1 Å². The van der Waals surface area contributed by atoms with Crippen LogP contribution in [0.3, 0.4) is 0 Å². The van der Waals surface area contributed by atoms with Crippen LogP contribution < -0.4 is 0 Å². The van der Waals surface area contributed by atoms with Gasteiger partial charge in [0.1, 0.15) is 6.61 Å². The first kappa shape index (κ1) is 24.1. The van der Waals surface area contributed by atoms with Crippen molar-refractivity contribution in [2.45, 2.75) is 13.0 Å². The molecule has 6 heteroatoms. The Labute approximate surface area is 178 Å². The maximum absolute atomic E-state index is 8.02. The van der Waals surface area contributed by atoms with Crippen molar-refractivity contribution in [3.05, 3.63) is 89.5 Å². The van der Waals surface area contributed by atoms with Crippen molar-refractivity contribution >= 4 is 24.2 Å². The van der Waals surface area contributed by atoms with Crippen molar-refractivity contribution < 1.29 is 27.2 Å². The molecule has 0 unspecified atom stereocenters. The normalized spacial score (nSPS) is 12.2. The number of benzene rings is 2. The molecule has 0 saturated carbocycles. The first-order valence-corrected chi connectivity index (χ1v) is 12.7. The second-order valence-corrected chi connectivity index (χ2v) is 8.53. The minimum atomic E-state index is -0.556. The summed E-state index contributed by atoms with van der Waals surface area (Å²) in [6.45, 7) is 1.27. The average molecular weight is 441 g/mol. The standard InChI is InChI=1S/C14H16N.C7H8O2.2ClH.Ti/c1-15(2)11-13-9-6-10-14(13)12-7-4-3-5-8-12;8-9-6-7-4-2-1-3-5-7;;;/h3-7,9H,10-11H2,1-2H3;1-5,8H,6H2;2*1H;/q-1;;;;+2/p-2. The van der Waals surface area contributed by atoms with Crippen LogP contribution in [0.15, 0.2) is 72.3 Å². The van der Waals surface area contributed by atoms with Gasteiger partial charge in [0.05, 0.1) is 0 Å². The number of allylic oxidation sites excluding steroid dienone is 2. The Morgan fingerprint density at radius 1 is 1.11 bits per heavy atom. The van der Waals surface area contributed by atoms with Gasteiger partial charge in [0.2, 0.25) is 0 Å². The van der Waals surface area contributed by atoms with Crippen LogP contribution in [-0.4, -0.2) is 30.8 Å². The van der Waals surface area contributed by atoms with Crippen LogP contribution in [-0.2, 0) is 28.5 Å². The fourth-order valence-corrected chi connectivity index (χ4v) is 2.55. The van der Waals surface area contributed by atoms with Crippen LogP contribution in [0.25, 0.3) is 5.57 Å². The molecule has 0 radical (unpaired) electrons. The predicted molar refractivity (Wildman–Crippen MR) is 110 cm³/mol. The summed E-state index contributed by atoms with van der Waals surface area (Å²) in [5.41, 5.74) is 5.05. The van der Waals surface area contributed by atoms with Crippen molar-refractivity contribution in [2.75, 3.05) is 20.6 Å². The molecule has 0 aromatic heterocycles. The fourth-order valence-electron chi connectivity index (χ4n) is 2.55. The van der Waals surface area contributed by atoms with E-state index in [2.05, 4.69) is 54.2 Å². The predicted octanol–water partition coefficient (Wildman–Crippen LogP) is 5.81. The van der Waals surface area contributed by atoms with Gasteiger partial charge in [-0.3, -0.25) is 5.26 Å². The van der Waals surface area contributed by atoms with Crippen LogP contribution in [0.2, 0.25) is 0 Å². The topological polar surface area (TPSA) is 32.7 Å². The van der Waals surface area contributed by atoms with Gasteiger partial charge >= 0.3 is 35.6 Å². The number of rotatable bonds is 5. The third-order valence-corrected chi connectivity index (χ3v) is 3.62. The van der Waals surface area contributed by atoms with Crippen molar-refractivity contribution in [3.8, 4) is 0 Å². The molecule has 1 N–H and O–H groups in total. The molecule has 3 nitrogen and oxygen atoms in total. The summed E-state index contributed by atoms with van der Waals surface area (Å²) in [5.74, 6) is 0. The molecule has 0 bridgehead atoms.